The first kappa shape index (κ1) is 19.8. The fraction of sp³-hybridized carbons (Fsp3) is 0.385. The van der Waals surface area contributed by atoms with Crippen molar-refractivity contribution in [3.63, 3.8) is 0 Å². The zero-order valence-corrected chi connectivity index (χ0v) is 13.5. The molecule has 1 aliphatic rings. The Morgan fingerprint density at radius 1 is 1.24 bits per heavy atom. The van der Waals surface area contributed by atoms with Crippen LogP contribution in [0.5, 0.6) is 5.75 Å². The normalized spacial score (nSPS) is 29.2. The molecule has 0 aliphatic carbocycles. The van der Waals surface area contributed by atoms with Crippen LogP contribution < -0.4 is 34.5 Å². The molecule has 1 aromatic heterocycles. The van der Waals surface area contributed by atoms with E-state index in [4.69, 9.17) is 25.5 Å². The molecule has 3 rings (SSSR count). The average Bonchev–Trinajstić information content (AvgIpc) is 2.86. The molecule has 0 spiro atoms. The number of oxazole rings is 1. The van der Waals surface area contributed by atoms with E-state index in [1.807, 2.05) is 0 Å². The van der Waals surface area contributed by atoms with Gasteiger partial charge < -0.3 is 39.1 Å². The third-order valence-corrected chi connectivity index (χ3v) is 3.81. The molecular formula is C13H11ClLiNO9. The molecule has 10 nitrogen and oxygen atoms in total. The van der Waals surface area contributed by atoms with Crippen molar-refractivity contribution in [1.29, 1.82) is 0 Å². The molecule has 0 unspecified atom stereocenters. The van der Waals surface area contributed by atoms with Gasteiger partial charge in [0.15, 0.2) is 5.58 Å². The number of aliphatic carboxylic acids is 1. The van der Waals surface area contributed by atoms with Crippen LogP contribution >= 0.6 is 11.6 Å². The van der Waals surface area contributed by atoms with Gasteiger partial charge in [-0.1, -0.05) is 11.6 Å². The van der Waals surface area contributed by atoms with Gasteiger partial charge >= 0.3 is 24.6 Å². The Labute approximate surface area is 156 Å². The number of ether oxygens (including phenoxy) is 2. The summed E-state index contributed by atoms with van der Waals surface area (Å²) in [4.78, 5) is 24.5. The maximum absolute atomic E-state index is 11.1. The molecule has 1 aliphatic heterocycles. The van der Waals surface area contributed by atoms with Crippen LogP contribution in [0.2, 0.25) is 5.02 Å². The van der Waals surface area contributed by atoms with Crippen molar-refractivity contribution in [3.8, 4) is 5.75 Å². The quantitative estimate of drug-likeness (QED) is 0.388. The van der Waals surface area contributed by atoms with Crippen molar-refractivity contribution in [2.45, 2.75) is 30.7 Å². The van der Waals surface area contributed by atoms with Crippen LogP contribution in [-0.2, 0) is 9.53 Å². The summed E-state index contributed by atoms with van der Waals surface area (Å²) in [6.07, 6.45) is -9.08. The van der Waals surface area contributed by atoms with Gasteiger partial charge in [-0.25, -0.2) is 4.79 Å². The zero-order chi connectivity index (χ0) is 17.6. The van der Waals surface area contributed by atoms with Gasteiger partial charge in [0, 0.05) is 6.07 Å². The van der Waals surface area contributed by atoms with Crippen molar-refractivity contribution in [2.24, 2.45) is 0 Å². The van der Waals surface area contributed by atoms with E-state index in [0.29, 0.717) is 5.52 Å². The SMILES string of the molecule is O=C([O-])[C@H]1O[C@@H](Oc2cc3oc(=O)[nH]c3cc2Cl)[C@H](O)[C@@H](O)[C@@H]1O.[Li+]. The first-order valence-corrected chi connectivity index (χ1v) is 7.05. The monoisotopic (exact) mass is 367 g/mol. The van der Waals surface area contributed by atoms with E-state index in [1.165, 1.54) is 12.1 Å². The molecule has 1 fully saturated rings. The van der Waals surface area contributed by atoms with E-state index in [2.05, 4.69) is 4.98 Å². The van der Waals surface area contributed by atoms with E-state index in [0.717, 1.165) is 0 Å². The number of carboxylic acids is 1. The molecule has 2 aromatic rings. The number of carboxylic acid groups (broad SMARTS) is 1. The van der Waals surface area contributed by atoms with Gasteiger partial charge in [-0.15, -0.1) is 0 Å². The number of aromatic nitrogens is 1. The summed E-state index contributed by atoms with van der Waals surface area (Å²) in [6, 6.07) is 2.53. The van der Waals surface area contributed by atoms with Gasteiger partial charge in [-0.2, -0.15) is 0 Å². The molecule has 130 valence electrons. The molecule has 1 saturated heterocycles. The van der Waals surface area contributed by atoms with Crippen LogP contribution in [0.3, 0.4) is 0 Å². The van der Waals surface area contributed by atoms with E-state index in [-0.39, 0.29) is 35.2 Å². The van der Waals surface area contributed by atoms with Crippen LogP contribution in [0.1, 0.15) is 0 Å². The van der Waals surface area contributed by atoms with Crippen LogP contribution in [-0.4, -0.2) is 57.0 Å². The van der Waals surface area contributed by atoms with E-state index < -0.39 is 42.4 Å². The molecule has 1 aromatic carbocycles. The number of halogens is 1. The summed E-state index contributed by atoms with van der Waals surface area (Å²) < 4.78 is 15.0. The smallest absolute Gasteiger partial charge is 0.547 e. The Kier molecular flexibility index (Phi) is 5.85. The second kappa shape index (κ2) is 7.39. The minimum Gasteiger partial charge on any atom is -0.547 e. The third-order valence-electron chi connectivity index (χ3n) is 3.52. The van der Waals surface area contributed by atoms with Crippen LogP contribution in [0.15, 0.2) is 21.3 Å². The first-order valence-electron chi connectivity index (χ1n) is 6.67. The number of rotatable bonds is 3. The second-order valence-electron chi connectivity index (χ2n) is 5.13. The Bertz CT molecular complexity index is 837. The molecule has 0 saturated carbocycles. The van der Waals surface area contributed by atoms with Gasteiger partial charge in [0.2, 0.25) is 6.29 Å². The van der Waals surface area contributed by atoms with Gasteiger partial charge in [-0.05, 0) is 6.07 Å². The van der Waals surface area contributed by atoms with E-state index in [1.54, 1.807) is 0 Å². The number of fused-ring (bicyclic) bond motifs is 1. The number of carbonyl (C=O) groups is 1. The van der Waals surface area contributed by atoms with Crippen molar-refractivity contribution < 1.29 is 58.0 Å². The largest absolute Gasteiger partial charge is 1.00 e. The third kappa shape index (κ3) is 3.70. The summed E-state index contributed by atoms with van der Waals surface area (Å²) >= 11 is 5.98. The average molecular weight is 368 g/mol. The molecule has 0 amide bonds. The van der Waals surface area contributed by atoms with Crippen LogP contribution in [0.25, 0.3) is 11.1 Å². The minimum absolute atomic E-state index is 0. The summed E-state index contributed by atoms with van der Waals surface area (Å²) in [7, 11) is 0. The van der Waals surface area contributed by atoms with Crippen molar-refractivity contribution in [2.75, 3.05) is 0 Å². The molecule has 0 bridgehead atoms. The Balaban J connectivity index is 0.00000225. The van der Waals surface area contributed by atoms with Gasteiger partial charge in [0.05, 0.1) is 16.5 Å². The number of aromatic amines is 1. The first-order chi connectivity index (χ1) is 11.3. The number of nitrogens with one attached hydrogen (secondary N) is 1. The molecule has 4 N–H and O–H groups in total. The topological polar surface area (TPSA) is 165 Å². The van der Waals surface area contributed by atoms with E-state index in [9.17, 15) is 30.0 Å². The van der Waals surface area contributed by atoms with Crippen molar-refractivity contribution >= 4 is 28.7 Å². The van der Waals surface area contributed by atoms with E-state index >= 15 is 0 Å². The van der Waals surface area contributed by atoms with Crippen LogP contribution in [0, 0.1) is 0 Å². The van der Waals surface area contributed by atoms with Gasteiger partial charge in [0.25, 0.3) is 0 Å². The number of benzene rings is 1. The molecule has 12 heteroatoms. The predicted octanol–water partition coefficient (Wildman–Crippen LogP) is -5.29. The summed E-state index contributed by atoms with van der Waals surface area (Å²) in [6.45, 7) is 0. The van der Waals surface area contributed by atoms with Gasteiger partial charge in [-0.3, -0.25) is 4.98 Å². The minimum atomic E-state index is -1.92. The molecule has 2 heterocycles. The number of carbonyl (C=O) groups excluding carboxylic acids is 1. The Morgan fingerprint density at radius 3 is 2.56 bits per heavy atom. The Morgan fingerprint density at radius 2 is 1.92 bits per heavy atom. The fourth-order valence-electron chi connectivity index (χ4n) is 2.31. The van der Waals surface area contributed by atoms with Gasteiger partial charge in [0.1, 0.15) is 30.2 Å². The Hall–Kier alpha value is -1.51. The van der Waals surface area contributed by atoms with Crippen LogP contribution in [0.4, 0.5) is 0 Å². The molecule has 25 heavy (non-hydrogen) atoms. The zero-order valence-electron chi connectivity index (χ0n) is 12.7. The number of H-pyrrole nitrogens is 1. The van der Waals surface area contributed by atoms with Crippen molar-refractivity contribution in [3.05, 3.63) is 27.7 Å². The summed E-state index contributed by atoms with van der Waals surface area (Å²) in [5.41, 5.74) is 0.396. The number of aliphatic hydroxyl groups excluding tert-OH is 3. The maximum Gasteiger partial charge on any atom is 1.00 e. The number of hydrogen-bond donors (Lipinski definition) is 4. The second-order valence-corrected chi connectivity index (χ2v) is 5.53. The van der Waals surface area contributed by atoms with Crippen molar-refractivity contribution in [1.82, 2.24) is 4.98 Å². The molecule has 0 radical (unpaired) electrons. The summed E-state index contributed by atoms with van der Waals surface area (Å²) in [5.74, 6) is -2.61. The number of hydrogen-bond acceptors (Lipinski definition) is 9. The standard InChI is InChI=1S/C13H12ClNO9.Li/c14-3-1-4-6(23-13(21)15-4)2-5(3)22-12-9(18)7(16)8(17)10(24-12)11(19)20;/h1-2,7-10,12,16-18H,(H,15,21)(H,19,20);/q;+1/p-1/t7-,8-,9+,10-,12+;/m0./s1. The molecular weight excluding hydrogens is 357 g/mol. The fourth-order valence-corrected chi connectivity index (χ4v) is 2.52. The molecule has 5 atom stereocenters. The maximum atomic E-state index is 11.1. The number of aliphatic hydroxyl groups is 3. The predicted molar refractivity (Wildman–Crippen MR) is 74.2 cm³/mol. The summed E-state index contributed by atoms with van der Waals surface area (Å²) in [5, 5.41) is 40.1.